The maximum Gasteiger partial charge on any atom is 0.407 e. The fourth-order valence-corrected chi connectivity index (χ4v) is 2.76. The number of aliphatic imine (C=N–C) groups is 1. The zero-order valence-corrected chi connectivity index (χ0v) is 21.6. The summed E-state index contributed by atoms with van der Waals surface area (Å²) < 4.78 is 11.0. The van der Waals surface area contributed by atoms with Gasteiger partial charge in [0.25, 0.3) is 0 Å². The smallest absolute Gasteiger partial charge is 0.407 e. The van der Waals surface area contributed by atoms with Gasteiger partial charge in [0, 0.05) is 26.7 Å². The molecule has 0 fully saturated rings. The Hall–Kier alpha value is -2.33. The van der Waals surface area contributed by atoms with Gasteiger partial charge >= 0.3 is 6.09 Å². The van der Waals surface area contributed by atoms with Gasteiger partial charge in [-0.25, -0.2) is 4.79 Å². The molecule has 0 aliphatic heterocycles. The monoisotopic (exact) mass is 554 g/mol. The van der Waals surface area contributed by atoms with Crippen LogP contribution in [0.2, 0.25) is 0 Å². The molecule has 0 saturated heterocycles. The number of rotatable bonds is 9. The Morgan fingerprint density at radius 1 is 0.875 bits per heavy atom. The van der Waals surface area contributed by atoms with Crippen LogP contribution in [0.1, 0.15) is 37.5 Å². The summed E-state index contributed by atoms with van der Waals surface area (Å²) in [4.78, 5) is 15.9. The van der Waals surface area contributed by atoms with Gasteiger partial charge in [-0.2, -0.15) is 0 Å². The predicted octanol–water partition coefficient (Wildman–Crippen LogP) is 4.21. The van der Waals surface area contributed by atoms with E-state index in [1.165, 1.54) is 0 Å². The van der Waals surface area contributed by atoms with Crippen molar-refractivity contribution in [3.8, 4) is 0 Å². The first-order valence-electron chi connectivity index (χ1n) is 10.5. The van der Waals surface area contributed by atoms with Gasteiger partial charge < -0.3 is 25.4 Å². The van der Waals surface area contributed by atoms with Crippen LogP contribution in [0.5, 0.6) is 0 Å². The molecule has 8 heteroatoms. The van der Waals surface area contributed by atoms with E-state index in [4.69, 9.17) is 9.47 Å². The lowest BCUT2D eigenvalue weighted by Gasteiger charge is -2.20. The minimum Gasteiger partial charge on any atom is -0.444 e. The molecule has 0 radical (unpaired) electrons. The minimum absolute atomic E-state index is 0. The Kier molecular flexibility index (Phi) is 12.7. The third-order valence-corrected chi connectivity index (χ3v) is 4.14. The number of ether oxygens (including phenoxy) is 2. The van der Waals surface area contributed by atoms with Gasteiger partial charge in [0.2, 0.25) is 0 Å². The van der Waals surface area contributed by atoms with Gasteiger partial charge in [0.1, 0.15) is 5.60 Å². The third kappa shape index (κ3) is 11.9. The highest BCUT2D eigenvalue weighted by Gasteiger charge is 2.15. The van der Waals surface area contributed by atoms with Crippen molar-refractivity contribution in [2.45, 2.75) is 46.1 Å². The average molecular weight is 554 g/mol. The van der Waals surface area contributed by atoms with Crippen LogP contribution in [0.3, 0.4) is 0 Å². The molecule has 0 atom stereocenters. The minimum atomic E-state index is -0.504. The Bertz CT molecular complexity index is 839. The van der Waals surface area contributed by atoms with Gasteiger partial charge in [0.05, 0.1) is 13.2 Å². The first kappa shape index (κ1) is 27.7. The Morgan fingerprint density at radius 2 is 1.50 bits per heavy atom. The molecule has 0 spiro atoms. The van der Waals surface area contributed by atoms with Gasteiger partial charge in [-0.1, -0.05) is 54.6 Å². The summed E-state index contributed by atoms with van der Waals surface area (Å²) in [5.41, 5.74) is 2.92. The van der Waals surface area contributed by atoms with Crippen LogP contribution in [0, 0.1) is 0 Å². The number of alkyl carbamates (subject to hydrolysis) is 1. The first-order chi connectivity index (χ1) is 14.9. The number of carbonyl (C=O) groups is 1. The van der Waals surface area contributed by atoms with Crippen LogP contribution in [-0.4, -0.2) is 37.8 Å². The maximum absolute atomic E-state index is 11.7. The summed E-state index contributed by atoms with van der Waals surface area (Å²) in [6.45, 7) is 8.26. The highest BCUT2D eigenvalue weighted by Crippen LogP contribution is 2.09. The normalized spacial score (nSPS) is 11.3. The summed E-state index contributed by atoms with van der Waals surface area (Å²) in [6.07, 6.45) is -0.427. The molecule has 176 valence electrons. The molecule has 0 aliphatic carbocycles. The second-order valence-electron chi connectivity index (χ2n) is 8.08. The predicted molar refractivity (Wildman–Crippen MR) is 139 cm³/mol. The number of nitrogens with zero attached hydrogens (tertiary/aromatic N) is 1. The van der Waals surface area contributed by atoms with Crippen molar-refractivity contribution in [1.82, 2.24) is 16.0 Å². The second kappa shape index (κ2) is 14.7. The Morgan fingerprint density at radius 3 is 2.19 bits per heavy atom. The third-order valence-electron chi connectivity index (χ3n) is 4.14. The molecule has 0 heterocycles. The fourth-order valence-electron chi connectivity index (χ4n) is 2.76. The molecule has 0 saturated carbocycles. The summed E-state index contributed by atoms with van der Waals surface area (Å²) in [7, 11) is 1.71. The largest absolute Gasteiger partial charge is 0.444 e. The van der Waals surface area contributed by atoms with Gasteiger partial charge in [0.15, 0.2) is 5.96 Å². The molecule has 2 aromatic carbocycles. The van der Waals surface area contributed by atoms with E-state index in [2.05, 4.69) is 51.3 Å². The van der Waals surface area contributed by atoms with E-state index in [1.807, 2.05) is 45.0 Å². The van der Waals surface area contributed by atoms with Crippen LogP contribution in [0.4, 0.5) is 4.79 Å². The van der Waals surface area contributed by atoms with E-state index in [-0.39, 0.29) is 24.0 Å². The molecule has 0 unspecified atom stereocenters. The zero-order valence-electron chi connectivity index (χ0n) is 19.3. The van der Waals surface area contributed by atoms with Gasteiger partial charge in [-0.3, -0.25) is 4.99 Å². The van der Waals surface area contributed by atoms with Crippen molar-refractivity contribution in [3.05, 3.63) is 71.3 Å². The van der Waals surface area contributed by atoms with E-state index in [0.29, 0.717) is 38.8 Å². The van der Waals surface area contributed by atoms with E-state index in [9.17, 15) is 4.79 Å². The molecular formula is C24H35IN4O3. The molecule has 7 nitrogen and oxygen atoms in total. The molecule has 1 amide bonds. The van der Waals surface area contributed by atoms with Crippen LogP contribution >= 0.6 is 24.0 Å². The number of hydrogen-bond acceptors (Lipinski definition) is 4. The van der Waals surface area contributed by atoms with Crippen LogP contribution in [0.25, 0.3) is 0 Å². The van der Waals surface area contributed by atoms with Crippen molar-refractivity contribution in [1.29, 1.82) is 0 Å². The van der Waals surface area contributed by atoms with Gasteiger partial charge in [-0.05, 0) is 37.5 Å². The topological polar surface area (TPSA) is 84.0 Å². The number of benzene rings is 2. The molecular weight excluding hydrogens is 519 g/mol. The summed E-state index contributed by atoms with van der Waals surface area (Å²) in [5.74, 6) is 0.664. The Labute approximate surface area is 208 Å². The number of halogens is 1. The molecule has 2 aromatic rings. The van der Waals surface area contributed by atoms with Crippen molar-refractivity contribution in [3.63, 3.8) is 0 Å². The highest BCUT2D eigenvalue weighted by atomic mass is 127. The standard InChI is InChI=1S/C24H34N4O3.HI/c1-24(2,3)31-23(29)27-14-13-26-22(25-4)28-16-20-11-8-12-21(15-20)18-30-17-19-9-6-5-7-10-19;/h5-12,15H,13-14,16-18H2,1-4H3,(H,27,29)(H2,25,26,28);1H. The van der Waals surface area contributed by atoms with Gasteiger partial charge in [-0.15, -0.1) is 24.0 Å². The quantitative estimate of drug-likeness (QED) is 0.187. The van der Waals surface area contributed by atoms with E-state index >= 15 is 0 Å². The average Bonchev–Trinajstić information content (AvgIpc) is 2.73. The lowest BCUT2D eigenvalue weighted by molar-refractivity contribution is 0.0529. The fraction of sp³-hybridized carbons (Fsp3) is 0.417. The number of nitrogens with one attached hydrogen (secondary N) is 3. The van der Waals surface area contributed by atoms with Crippen LogP contribution < -0.4 is 16.0 Å². The molecule has 2 rings (SSSR count). The van der Waals surface area contributed by atoms with Crippen molar-refractivity contribution in [2.75, 3.05) is 20.1 Å². The van der Waals surface area contributed by atoms with E-state index in [0.717, 1.165) is 16.7 Å². The lowest BCUT2D eigenvalue weighted by Crippen LogP contribution is -2.42. The van der Waals surface area contributed by atoms with Crippen molar-refractivity contribution < 1.29 is 14.3 Å². The van der Waals surface area contributed by atoms with Crippen LogP contribution in [-0.2, 0) is 29.2 Å². The summed E-state index contributed by atoms with van der Waals surface area (Å²) >= 11 is 0. The molecule has 0 aliphatic rings. The Balaban J connectivity index is 0.00000512. The zero-order chi connectivity index (χ0) is 22.5. The number of hydrogen-bond donors (Lipinski definition) is 3. The van der Waals surface area contributed by atoms with E-state index in [1.54, 1.807) is 7.05 Å². The highest BCUT2D eigenvalue weighted by molar-refractivity contribution is 14.0. The SMILES string of the molecule is CN=C(NCCNC(=O)OC(C)(C)C)NCc1cccc(COCc2ccccc2)c1.I. The number of carbonyl (C=O) groups excluding carboxylic acids is 1. The summed E-state index contributed by atoms with van der Waals surface area (Å²) in [6, 6.07) is 18.4. The van der Waals surface area contributed by atoms with E-state index < -0.39 is 11.7 Å². The molecule has 0 bridgehead atoms. The number of guanidine groups is 1. The molecule has 0 aromatic heterocycles. The molecule has 3 N–H and O–H groups in total. The second-order valence-corrected chi connectivity index (χ2v) is 8.08. The lowest BCUT2D eigenvalue weighted by atomic mass is 10.1. The molecule has 32 heavy (non-hydrogen) atoms. The number of amides is 1. The maximum atomic E-state index is 11.7. The summed E-state index contributed by atoms with van der Waals surface area (Å²) in [5, 5.41) is 9.16. The first-order valence-corrected chi connectivity index (χ1v) is 10.5. The van der Waals surface area contributed by atoms with Crippen LogP contribution in [0.15, 0.2) is 59.6 Å². The van der Waals surface area contributed by atoms with Crippen molar-refractivity contribution >= 4 is 36.0 Å². The van der Waals surface area contributed by atoms with Crippen molar-refractivity contribution in [2.24, 2.45) is 4.99 Å².